The number of ether oxygens (including phenoxy) is 1. The van der Waals surface area contributed by atoms with E-state index >= 15 is 0 Å². The first-order chi connectivity index (χ1) is 15.9. The van der Waals surface area contributed by atoms with Crippen LogP contribution in [0.4, 0.5) is 5.69 Å². The number of anilines is 1. The molecule has 0 saturated heterocycles. The monoisotopic (exact) mass is 503 g/mol. The Morgan fingerprint density at radius 3 is 2.36 bits per heavy atom. The van der Waals surface area contributed by atoms with E-state index in [-0.39, 0.29) is 16.8 Å². The maximum atomic E-state index is 13.6. The van der Waals surface area contributed by atoms with Crippen LogP contribution in [-0.2, 0) is 4.74 Å². The lowest BCUT2D eigenvalue weighted by atomic mass is 9.97. The van der Waals surface area contributed by atoms with Crippen molar-refractivity contribution in [1.82, 2.24) is 0 Å². The van der Waals surface area contributed by atoms with Crippen LogP contribution in [0.3, 0.4) is 0 Å². The predicted octanol–water partition coefficient (Wildman–Crippen LogP) is 5.40. The summed E-state index contributed by atoms with van der Waals surface area (Å²) in [7, 11) is 1.32. The van der Waals surface area contributed by atoms with Crippen LogP contribution in [0.5, 0.6) is 0 Å². The van der Waals surface area contributed by atoms with Gasteiger partial charge < -0.3 is 9.15 Å². The summed E-state index contributed by atoms with van der Waals surface area (Å²) < 4.78 is 11.6. The molecule has 4 aromatic rings. The average Bonchev–Trinajstić information content (AvgIpc) is 3.12. The molecule has 0 aliphatic carbocycles. The van der Waals surface area contributed by atoms with Gasteiger partial charge in [0.25, 0.3) is 5.91 Å². The van der Waals surface area contributed by atoms with Crippen LogP contribution >= 0.6 is 15.9 Å². The number of hydrogen-bond acceptors (Lipinski definition) is 5. The van der Waals surface area contributed by atoms with Crippen LogP contribution in [0, 0.1) is 6.92 Å². The highest BCUT2D eigenvalue weighted by atomic mass is 79.9. The molecule has 1 amide bonds. The first kappa shape index (κ1) is 21.2. The Morgan fingerprint density at radius 2 is 1.70 bits per heavy atom. The van der Waals surface area contributed by atoms with E-state index in [1.165, 1.54) is 7.11 Å². The first-order valence-corrected chi connectivity index (χ1v) is 11.0. The largest absolute Gasteiger partial charge is 0.465 e. The third-order valence-electron chi connectivity index (χ3n) is 5.78. The minimum Gasteiger partial charge on any atom is -0.465 e. The lowest BCUT2D eigenvalue weighted by Crippen LogP contribution is -2.29. The van der Waals surface area contributed by atoms with Gasteiger partial charge in [-0.05, 0) is 61.0 Å². The van der Waals surface area contributed by atoms with Gasteiger partial charge in [0.05, 0.1) is 29.7 Å². The minimum atomic E-state index is -0.707. The van der Waals surface area contributed by atoms with Crippen LogP contribution in [-0.4, -0.2) is 19.0 Å². The van der Waals surface area contributed by atoms with Crippen LogP contribution < -0.4 is 10.3 Å². The normalized spacial score (nSPS) is 15.1. The molecule has 1 aliphatic heterocycles. The SMILES string of the molecule is COC(=O)c1ccc(C2c3c(oc4ccc(C)cc4c3=O)C(=O)N2c2ccc(Br)cc2)cc1. The number of nitrogens with zero attached hydrogens (tertiary/aromatic N) is 1. The second kappa shape index (κ2) is 8.01. The highest BCUT2D eigenvalue weighted by Gasteiger charge is 2.43. The standard InChI is InChI=1S/C26H18BrNO5/c1-14-3-12-20-19(13-14)23(29)21-22(15-4-6-16(7-5-15)26(31)32-2)28(25(30)24(21)33-20)18-10-8-17(27)9-11-18/h3-13,22H,1-2H3. The molecule has 0 N–H and O–H groups in total. The summed E-state index contributed by atoms with van der Waals surface area (Å²) in [5.74, 6) is -0.828. The molecule has 0 spiro atoms. The molecule has 1 aromatic heterocycles. The Hall–Kier alpha value is -3.71. The van der Waals surface area contributed by atoms with Gasteiger partial charge in [0, 0.05) is 10.2 Å². The van der Waals surface area contributed by atoms with Gasteiger partial charge >= 0.3 is 5.97 Å². The van der Waals surface area contributed by atoms with E-state index in [2.05, 4.69) is 15.9 Å². The number of carbonyl (C=O) groups excluding carboxylic acids is 2. The second-order valence-electron chi connectivity index (χ2n) is 7.84. The Labute approximate surface area is 197 Å². The first-order valence-electron chi connectivity index (χ1n) is 10.2. The fraction of sp³-hybridized carbons (Fsp3) is 0.115. The number of halogens is 1. The Balaban J connectivity index is 1.76. The zero-order valence-corrected chi connectivity index (χ0v) is 19.4. The molecule has 0 bridgehead atoms. The highest BCUT2D eigenvalue weighted by molar-refractivity contribution is 9.10. The number of fused-ring (bicyclic) bond motifs is 2. The number of carbonyl (C=O) groups is 2. The molecule has 0 radical (unpaired) electrons. The number of esters is 1. The topological polar surface area (TPSA) is 76.8 Å². The summed E-state index contributed by atoms with van der Waals surface area (Å²) in [6.07, 6.45) is 0. The van der Waals surface area contributed by atoms with Gasteiger partial charge in [-0.3, -0.25) is 14.5 Å². The molecule has 33 heavy (non-hydrogen) atoms. The Morgan fingerprint density at radius 1 is 1.00 bits per heavy atom. The van der Waals surface area contributed by atoms with E-state index in [4.69, 9.17) is 9.15 Å². The van der Waals surface area contributed by atoms with Crippen molar-refractivity contribution in [1.29, 1.82) is 0 Å². The molecular weight excluding hydrogens is 486 g/mol. The van der Waals surface area contributed by atoms with Crippen molar-refractivity contribution in [2.75, 3.05) is 12.0 Å². The van der Waals surface area contributed by atoms with E-state index in [0.29, 0.717) is 27.8 Å². The summed E-state index contributed by atoms with van der Waals surface area (Å²) in [4.78, 5) is 40.6. The van der Waals surface area contributed by atoms with Gasteiger partial charge in [0.15, 0.2) is 5.43 Å². The molecular formula is C26H18BrNO5. The number of hydrogen-bond donors (Lipinski definition) is 0. The zero-order valence-electron chi connectivity index (χ0n) is 17.8. The molecule has 0 fully saturated rings. The van der Waals surface area contributed by atoms with Crippen LogP contribution in [0.25, 0.3) is 11.0 Å². The van der Waals surface area contributed by atoms with Gasteiger partial charge in [0.1, 0.15) is 5.58 Å². The second-order valence-corrected chi connectivity index (χ2v) is 8.76. The smallest absolute Gasteiger partial charge is 0.337 e. The average molecular weight is 504 g/mol. The molecule has 6 nitrogen and oxygen atoms in total. The van der Waals surface area contributed by atoms with Crippen molar-refractivity contribution in [2.24, 2.45) is 0 Å². The van der Waals surface area contributed by atoms with Gasteiger partial charge in [-0.1, -0.05) is 39.7 Å². The fourth-order valence-corrected chi connectivity index (χ4v) is 4.45. The molecule has 3 aromatic carbocycles. The summed E-state index contributed by atoms with van der Waals surface area (Å²) in [5, 5.41) is 0.426. The van der Waals surface area contributed by atoms with Crippen molar-refractivity contribution >= 4 is 44.5 Å². The molecule has 2 heterocycles. The minimum absolute atomic E-state index is 0.0290. The third kappa shape index (κ3) is 3.45. The van der Waals surface area contributed by atoms with Gasteiger partial charge in [-0.25, -0.2) is 4.79 Å². The summed E-state index contributed by atoms with van der Waals surface area (Å²) in [6.45, 7) is 1.90. The Bertz CT molecular complexity index is 1470. The van der Waals surface area contributed by atoms with Gasteiger partial charge in [0.2, 0.25) is 5.76 Å². The number of benzene rings is 3. The summed E-state index contributed by atoms with van der Waals surface area (Å²) >= 11 is 3.42. The maximum Gasteiger partial charge on any atom is 0.337 e. The summed E-state index contributed by atoms with van der Waals surface area (Å²) in [5.41, 5.74) is 3.00. The van der Waals surface area contributed by atoms with E-state index < -0.39 is 17.9 Å². The van der Waals surface area contributed by atoms with Gasteiger partial charge in [-0.2, -0.15) is 0 Å². The van der Waals surface area contributed by atoms with Crippen LogP contribution in [0.2, 0.25) is 0 Å². The van der Waals surface area contributed by atoms with E-state index in [0.717, 1.165) is 10.0 Å². The fourth-order valence-electron chi connectivity index (χ4n) is 4.19. The highest BCUT2D eigenvalue weighted by Crippen LogP contribution is 2.41. The number of methoxy groups -OCH3 is 1. The maximum absolute atomic E-state index is 13.6. The molecule has 164 valence electrons. The Kier molecular flexibility index (Phi) is 5.13. The number of amides is 1. The molecule has 5 rings (SSSR count). The van der Waals surface area contributed by atoms with Crippen molar-refractivity contribution in [3.8, 4) is 0 Å². The van der Waals surface area contributed by atoms with E-state index in [1.54, 1.807) is 53.4 Å². The number of rotatable bonds is 3. The number of aryl methyl sites for hydroxylation is 1. The van der Waals surface area contributed by atoms with Crippen molar-refractivity contribution in [3.63, 3.8) is 0 Å². The van der Waals surface area contributed by atoms with Crippen LogP contribution in [0.15, 0.2) is 80.4 Å². The van der Waals surface area contributed by atoms with Crippen LogP contribution in [0.1, 0.15) is 43.6 Å². The van der Waals surface area contributed by atoms with E-state index in [1.807, 2.05) is 25.1 Å². The van der Waals surface area contributed by atoms with E-state index in [9.17, 15) is 14.4 Å². The quantitative estimate of drug-likeness (QED) is 0.349. The lowest BCUT2D eigenvalue weighted by Gasteiger charge is -2.25. The molecule has 0 saturated carbocycles. The van der Waals surface area contributed by atoms with Gasteiger partial charge in [-0.15, -0.1) is 0 Å². The molecule has 1 atom stereocenters. The predicted molar refractivity (Wildman–Crippen MR) is 128 cm³/mol. The van der Waals surface area contributed by atoms with Crippen molar-refractivity contribution < 1.29 is 18.7 Å². The van der Waals surface area contributed by atoms with Crippen molar-refractivity contribution in [2.45, 2.75) is 13.0 Å². The third-order valence-corrected chi connectivity index (χ3v) is 6.31. The molecule has 1 unspecified atom stereocenters. The lowest BCUT2D eigenvalue weighted by molar-refractivity contribution is 0.0600. The molecule has 1 aliphatic rings. The summed E-state index contributed by atoms with van der Waals surface area (Å²) in [6, 6.07) is 18.6. The van der Waals surface area contributed by atoms with Crippen molar-refractivity contribution in [3.05, 3.63) is 109 Å². The zero-order chi connectivity index (χ0) is 23.3. The molecule has 7 heteroatoms.